The number of amides is 1. The summed E-state index contributed by atoms with van der Waals surface area (Å²) in [5, 5.41) is 10.1. The third-order valence-electron chi connectivity index (χ3n) is 5.74. The van der Waals surface area contributed by atoms with Gasteiger partial charge in [0.05, 0.1) is 28.6 Å². The summed E-state index contributed by atoms with van der Waals surface area (Å²) in [6.07, 6.45) is 2.84. The van der Waals surface area contributed by atoms with Crippen LogP contribution in [0.3, 0.4) is 0 Å². The molecule has 1 aliphatic heterocycles. The van der Waals surface area contributed by atoms with Crippen molar-refractivity contribution in [2.45, 2.75) is 33.7 Å². The number of hydrogen-bond donors (Lipinski definition) is 1. The molecule has 5 rings (SSSR count). The fraction of sp³-hybridized carbons (Fsp3) is 0.391. The number of carbonyl (C=O) groups is 1. The van der Waals surface area contributed by atoms with E-state index in [1.807, 2.05) is 5.38 Å². The molecule has 4 aromatic rings. The molecular formula is C23H25N5O3S. The smallest absolute Gasteiger partial charge is 0.259 e. The van der Waals surface area contributed by atoms with Crippen LogP contribution in [0.4, 0.5) is 5.13 Å². The number of piperidine rings is 1. The Morgan fingerprint density at radius 1 is 1.28 bits per heavy atom. The van der Waals surface area contributed by atoms with Crippen LogP contribution in [0, 0.1) is 18.8 Å². The average Bonchev–Trinajstić information content (AvgIpc) is 3.49. The Morgan fingerprint density at radius 3 is 2.84 bits per heavy atom. The SMILES string of the molecule is Cc1noc2nc(-c3ccco3)cc(C(=O)Nc3nc(CN4CC(C)CC(C)C4)cs3)c12. The fourth-order valence-electron chi connectivity index (χ4n) is 4.58. The maximum Gasteiger partial charge on any atom is 0.259 e. The molecule has 1 aliphatic rings. The van der Waals surface area contributed by atoms with E-state index in [-0.39, 0.29) is 5.91 Å². The minimum Gasteiger partial charge on any atom is -0.463 e. The highest BCUT2D eigenvalue weighted by molar-refractivity contribution is 7.14. The van der Waals surface area contributed by atoms with E-state index in [9.17, 15) is 4.79 Å². The lowest BCUT2D eigenvalue weighted by Crippen LogP contribution is -2.38. The summed E-state index contributed by atoms with van der Waals surface area (Å²) in [6, 6.07) is 5.26. The number of thiazole rings is 1. The number of hydrogen-bond acceptors (Lipinski definition) is 8. The minimum absolute atomic E-state index is 0.280. The number of furan rings is 1. The molecule has 8 nitrogen and oxygen atoms in total. The highest BCUT2D eigenvalue weighted by Crippen LogP contribution is 2.29. The number of nitrogens with one attached hydrogen (secondary N) is 1. The molecule has 0 bridgehead atoms. The molecule has 5 heterocycles. The number of likely N-dealkylation sites (tertiary alicyclic amines) is 1. The lowest BCUT2D eigenvalue weighted by atomic mass is 9.92. The van der Waals surface area contributed by atoms with Crippen LogP contribution in [-0.2, 0) is 6.54 Å². The largest absolute Gasteiger partial charge is 0.463 e. The van der Waals surface area contributed by atoms with Gasteiger partial charge in [0.1, 0.15) is 5.69 Å². The Labute approximate surface area is 189 Å². The number of aryl methyl sites for hydroxylation is 1. The van der Waals surface area contributed by atoms with E-state index in [0.29, 0.717) is 50.8 Å². The summed E-state index contributed by atoms with van der Waals surface area (Å²) in [4.78, 5) is 24.8. The van der Waals surface area contributed by atoms with Gasteiger partial charge in [-0.2, -0.15) is 0 Å². The van der Waals surface area contributed by atoms with Gasteiger partial charge in [0.25, 0.3) is 11.6 Å². The molecule has 0 saturated carbocycles. The van der Waals surface area contributed by atoms with Crippen molar-refractivity contribution >= 4 is 33.5 Å². The normalized spacial score (nSPS) is 19.5. The van der Waals surface area contributed by atoms with Gasteiger partial charge >= 0.3 is 0 Å². The molecule has 1 N–H and O–H groups in total. The second kappa shape index (κ2) is 8.48. The van der Waals surface area contributed by atoms with Crippen molar-refractivity contribution in [1.29, 1.82) is 0 Å². The fourth-order valence-corrected chi connectivity index (χ4v) is 5.27. The zero-order valence-electron chi connectivity index (χ0n) is 18.3. The van der Waals surface area contributed by atoms with Gasteiger partial charge in [-0.3, -0.25) is 15.0 Å². The molecule has 2 atom stereocenters. The van der Waals surface area contributed by atoms with Crippen molar-refractivity contribution in [3.8, 4) is 11.5 Å². The van der Waals surface area contributed by atoms with E-state index in [2.05, 4.69) is 39.2 Å². The van der Waals surface area contributed by atoms with Gasteiger partial charge in [-0.05, 0) is 43.4 Å². The number of carbonyl (C=O) groups excluding carboxylic acids is 1. The van der Waals surface area contributed by atoms with Gasteiger partial charge in [0.2, 0.25) is 0 Å². The van der Waals surface area contributed by atoms with Crippen LogP contribution < -0.4 is 5.32 Å². The summed E-state index contributed by atoms with van der Waals surface area (Å²) >= 11 is 1.43. The Balaban J connectivity index is 1.37. The number of rotatable bonds is 5. The number of nitrogens with zero attached hydrogens (tertiary/aromatic N) is 4. The lowest BCUT2D eigenvalue weighted by molar-refractivity contribution is 0.102. The van der Waals surface area contributed by atoms with Crippen molar-refractivity contribution in [2.75, 3.05) is 18.4 Å². The summed E-state index contributed by atoms with van der Waals surface area (Å²) in [7, 11) is 0. The van der Waals surface area contributed by atoms with Gasteiger partial charge in [-0.25, -0.2) is 9.97 Å². The zero-order chi connectivity index (χ0) is 22.2. The van der Waals surface area contributed by atoms with Gasteiger partial charge in [0, 0.05) is 25.0 Å². The Kier molecular flexibility index (Phi) is 5.52. The van der Waals surface area contributed by atoms with Crippen LogP contribution in [0.15, 0.2) is 38.8 Å². The molecule has 9 heteroatoms. The summed E-state index contributed by atoms with van der Waals surface area (Å²) < 4.78 is 10.8. The van der Waals surface area contributed by atoms with E-state index in [4.69, 9.17) is 8.94 Å². The molecule has 0 radical (unpaired) electrons. The molecule has 2 unspecified atom stereocenters. The number of fused-ring (bicyclic) bond motifs is 1. The van der Waals surface area contributed by atoms with Gasteiger partial charge in [-0.15, -0.1) is 11.3 Å². The van der Waals surface area contributed by atoms with Gasteiger partial charge < -0.3 is 8.94 Å². The Bertz CT molecular complexity index is 1240. The third kappa shape index (κ3) is 4.18. The maximum atomic E-state index is 13.2. The highest BCUT2D eigenvalue weighted by atomic mass is 32.1. The van der Waals surface area contributed by atoms with Gasteiger partial charge in [-0.1, -0.05) is 19.0 Å². The average molecular weight is 452 g/mol. The topological polar surface area (TPSA) is 97.3 Å². The molecule has 0 spiro atoms. The molecule has 1 saturated heterocycles. The second-order valence-electron chi connectivity index (χ2n) is 8.72. The van der Waals surface area contributed by atoms with E-state index < -0.39 is 0 Å². The van der Waals surface area contributed by atoms with Crippen molar-refractivity contribution in [1.82, 2.24) is 20.0 Å². The molecular weight excluding hydrogens is 426 g/mol. The number of aromatic nitrogens is 3. The number of anilines is 1. The molecule has 1 fully saturated rings. The molecule has 0 aromatic carbocycles. The van der Waals surface area contributed by atoms with Gasteiger partial charge in [0.15, 0.2) is 10.9 Å². The van der Waals surface area contributed by atoms with E-state index >= 15 is 0 Å². The second-order valence-corrected chi connectivity index (χ2v) is 9.58. The number of pyridine rings is 1. The van der Waals surface area contributed by atoms with E-state index in [0.717, 1.165) is 25.3 Å². The van der Waals surface area contributed by atoms with Crippen LogP contribution in [0.25, 0.3) is 22.6 Å². The van der Waals surface area contributed by atoms with Crippen LogP contribution in [-0.4, -0.2) is 39.0 Å². The molecule has 0 aliphatic carbocycles. The monoisotopic (exact) mass is 451 g/mol. The quantitative estimate of drug-likeness (QED) is 0.457. The predicted molar refractivity (Wildman–Crippen MR) is 123 cm³/mol. The standard InChI is InChI=1S/C23H25N5O3S/c1-13-7-14(2)10-28(9-13)11-16-12-32-23(24-16)26-21(29)17-8-18(19-5-4-6-30-19)25-22-20(17)15(3)27-31-22/h4-6,8,12-14H,7,9-11H2,1-3H3,(H,24,26,29). The summed E-state index contributed by atoms with van der Waals surface area (Å²) in [6.45, 7) is 9.36. The highest BCUT2D eigenvalue weighted by Gasteiger charge is 2.23. The zero-order valence-corrected chi connectivity index (χ0v) is 19.1. The van der Waals surface area contributed by atoms with Crippen molar-refractivity contribution in [2.24, 2.45) is 11.8 Å². The van der Waals surface area contributed by atoms with E-state index in [1.54, 1.807) is 31.4 Å². The predicted octanol–water partition coefficient (Wildman–Crippen LogP) is 4.98. The van der Waals surface area contributed by atoms with Crippen LogP contribution in [0.1, 0.15) is 42.0 Å². The molecule has 1 amide bonds. The van der Waals surface area contributed by atoms with Crippen LogP contribution in [0.5, 0.6) is 0 Å². The minimum atomic E-state index is -0.280. The first-order valence-electron chi connectivity index (χ1n) is 10.7. The summed E-state index contributed by atoms with van der Waals surface area (Å²) in [5.41, 5.74) is 2.82. The molecule has 166 valence electrons. The third-order valence-corrected chi connectivity index (χ3v) is 6.54. The first-order valence-corrected chi connectivity index (χ1v) is 11.6. The van der Waals surface area contributed by atoms with Crippen molar-refractivity contribution < 1.29 is 13.7 Å². The maximum absolute atomic E-state index is 13.2. The molecule has 32 heavy (non-hydrogen) atoms. The molecule has 4 aromatic heterocycles. The van der Waals surface area contributed by atoms with Crippen molar-refractivity contribution in [3.63, 3.8) is 0 Å². The van der Waals surface area contributed by atoms with Crippen molar-refractivity contribution in [3.05, 3.63) is 46.8 Å². The lowest BCUT2D eigenvalue weighted by Gasteiger charge is -2.34. The Hall–Kier alpha value is -3.04. The Morgan fingerprint density at radius 2 is 2.09 bits per heavy atom. The van der Waals surface area contributed by atoms with E-state index in [1.165, 1.54) is 17.8 Å². The first kappa shape index (κ1) is 20.8. The first-order chi connectivity index (χ1) is 15.5. The summed E-state index contributed by atoms with van der Waals surface area (Å²) in [5.74, 6) is 1.66. The van der Waals surface area contributed by atoms with Crippen LogP contribution >= 0.6 is 11.3 Å². The van der Waals surface area contributed by atoms with Crippen LogP contribution in [0.2, 0.25) is 0 Å².